The number of aromatic nitrogens is 2. The topological polar surface area (TPSA) is 75.6 Å². The molecule has 7 heteroatoms. The first-order valence-electron chi connectivity index (χ1n) is 11.5. The molecule has 4 rings (SSSR count). The van der Waals surface area contributed by atoms with Gasteiger partial charge < -0.3 is 9.84 Å². The van der Waals surface area contributed by atoms with Gasteiger partial charge in [-0.05, 0) is 68.0 Å². The average molecular weight is 478 g/mol. The highest BCUT2D eigenvalue weighted by Gasteiger charge is 2.40. The van der Waals surface area contributed by atoms with E-state index >= 15 is 0 Å². The van der Waals surface area contributed by atoms with Crippen molar-refractivity contribution < 1.29 is 14.6 Å². The molecular weight excluding hydrogens is 450 g/mol. The molecule has 0 spiro atoms. The number of piperidine rings is 1. The predicted octanol–water partition coefficient (Wildman–Crippen LogP) is 4.83. The number of methoxy groups -OCH3 is 1. The summed E-state index contributed by atoms with van der Waals surface area (Å²) in [6.45, 7) is 2.10. The van der Waals surface area contributed by atoms with Gasteiger partial charge in [0, 0.05) is 42.6 Å². The summed E-state index contributed by atoms with van der Waals surface area (Å²) in [6.07, 6.45) is 8.42. The van der Waals surface area contributed by atoms with Crippen molar-refractivity contribution in [3.8, 4) is 17.6 Å². The van der Waals surface area contributed by atoms with Crippen molar-refractivity contribution in [2.24, 2.45) is 5.41 Å². The first kappa shape index (κ1) is 24.0. The third-order valence-corrected chi connectivity index (χ3v) is 7.02. The van der Waals surface area contributed by atoms with Gasteiger partial charge in [-0.2, -0.15) is 0 Å². The van der Waals surface area contributed by atoms with Crippen molar-refractivity contribution in [2.75, 3.05) is 26.7 Å². The van der Waals surface area contributed by atoms with E-state index in [1.165, 1.54) is 0 Å². The van der Waals surface area contributed by atoms with E-state index in [0.29, 0.717) is 37.3 Å². The van der Waals surface area contributed by atoms with Crippen molar-refractivity contribution in [1.82, 2.24) is 14.9 Å². The molecule has 1 N–H and O–H groups in total. The van der Waals surface area contributed by atoms with Crippen LogP contribution in [0, 0.1) is 17.3 Å². The van der Waals surface area contributed by atoms with Gasteiger partial charge in [0.05, 0.1) is 29.6 Å². The number of pyridine rings is 2. The van der Waals surface area contributed by atoms with Crippen LogP contribution in [-0.4, -0.2) is 52.7 Å². The molecule has 1 saturated heterocycles. The largest absolute Gasteiger partial charge is 0.497 e. The zero-order valence-corrected chi connectivity index (χ0v) is 20.0. The molecule has 0 bridgehead atoms. The molecular formula is C27H28ClN3O3. The highest BCUT2D eigenvalue weighted by molar-refractivity contribution is 6.32. The minimum Gasteiger partial charge on any atom is -0.497 e. The number of aliphatic carboxylic acids is 1. The SMILES string of the molecule is COc1ccc2ncc(Cl)c(CCCC3(C(=O)O)CCN(CC#Cc4ccncc4)CC3)c2c1. The van der Waals surface area contributed by atoms with Crippen molar-refractivity contribution in [3.63, 3.8) is 0 Å². The van der Waals surface area contributed by atoms with Gasteiger partial charge >= 0.3 is 5.97 Å². The van der Waals surface area contributed by atoms with Crippen LogP contribution in [0.5, 0.6) is 5.75 Å². The fourth-order valence-electron chi connectivity index (χ4n) is 4.59. The summed E-state index contributed by atoms with van der Waals surface area (Å²) in [5, 5.41) is 11.6. The zero-order chi connectivity index (χ0) is 24.0. The fraction of sp³-hybridized carbons (Fsp3) is 0.370. The van der Waals surface area contributed by atoms with Crippen LogP contribution < -0.4 is 4.74 Å². The first-order chi connectivity index (χ1) is 16.5. The van der Waals surface area contributed by atoms with Crippen molar-refractivity contribution in [3.05, 3.63) is 65.1 Å². The van der Waals surface area contributed by atoms with E-state index in [1.807, 2.05) is 30.3 Å². The van der Waals surface area contributed by atoms with E-state index in [2.05, 4.69) is 26.7 Å². The van der Waals surface area contributed by atoms with Crippen molar-refractivity contribution in [1.29, 1.82) is 0 Å². The number of hydrogen-bond acceptors (Lipinski definition) is 5. The van der Waals surface area contributed by atoms with Crippen LogP contribution in [0.4, 0.5) is 0 Å². The molecule has 0 amide bonds. The summed E-state index contributed by atoms with van der Waals surface area (Å²) in [7, 11) is 1.63. The van der Waals surface area contributed by atoms with Gasteiger partial charge in [-0.3, -0.25) is 19.7 Å². The Labute approximate surface area is 204 Å². The van der Waals surface area contributed by atoms with E-state index in [9.17, 15) is 9.90 Å². The smallest absolute Gasteiger partial charge is 0.309 e. The number of carbonyl (C=O) groups is 1. The molecule has 0 aliphatic carbocycles. The molecule has 176 valence electrons. The number of fused-ring (bicyclic) bond motifs is 1. The third kappa shape index (κ3) is 5.49. The lowest BCUT2D eigenvalue weighted by Gasteiger charge is -2.38. The highest BCUT2D eigenvalue weighted by atomic mass is 35.5. The van der Waals surface area contributed by atoms with E-state index in [1.54, 1.807) is 25.7 Å². The fourth-order valence-corrected chi connectivity index (χ4v) is 4.83. The molecule has 1 fully saturated rings. The molecule has 1 aromatic carbocycles. The van der Waals surface area contributed by atoms with Gasteiger partial charge in [0.15, 0.2) is 0 Å². The molecule has 0 radical (unpaired) electrons. The van der Waals surface area contributed by atoms with Gasteiger partial charge in [0.1, 0.15) is 5.75 Å². The maximum absolute atomic E-state index is 12.3. The predicted molar refractivity (Wildman–Crippen MR) is 133 cm³/mol. The highest BCUT2D eigenvalue weighted by Crippen LogP contribution is 2.38. The molecule has 3 heterocycles. The van der Waals surface area contributed by atoms with Gasteiger partial charge in [-0.15, -0.1) is 0 Å². The van der Waals surface area contributed by atoms with Gasteiger partial charge in [0.2, 0.25) is 0 Å². The summed E-state index contributed by atoms with van der Waals surface area (Å²) in [4.78, 5) is 22.9. The first-order valence-corrected chi connectivity index (χ1v) is 11.8. The summed E-state index contributed by atoms with van der Waals surface area (Å²) in [6, 6.07) is 9.50. The van der Waals surface area contributed by atoms with Crippen LogP contribution in [0.2, 0.25) is 5.02 Å². The second kappa shape index (κ2) is 10.9. The molecule has 6 nitrogen and oxygen atoms in total. The maximum atomic E-state index is 12.3. The number of ether oxygens (including phenoxy) is 1. The van der Waals surface area contributed by atoms with E-state index in [-0.39, 0.29) is 0 Å². The van der Waals surface area contributed by atoms with Gasteiger partial charge in [0.25, 0.3) is 0 Å². The third-order valence-electron chi connectivity index (χ3n) is 6.70. The van der Waals surface area contributed by atoms with Gasteiger partial charge in [-0.1, -0.05) is 23.4 Å². The van der Waals surface area contributed by atoms with Crippen LogP contribution in [-0.2, 0) is 11.2 Å². The molecule has 1 aliphatic rings. The lowest BCUT2D eigenvalue weighted by molar-refractivity contribution is -0.152. The molecule has 0 atom stereocenters. The number of rotatable bonds is 7. The number of aryl methyl sites for hydroxylation is 1. The van der Waals surface area contributed by atoms with E-state index in [4.69, 9.17) is 16.3 Å². The number of benzene rings is 1. The van der Waals surface area contributed by atoms with Crippen LogP contribution >= 0.6 is 11.6 Å². The Morgan fingerprint density at radius 1 is 1.24 bits per heavy atom. The molecule has 34 heavy (non-hydrogen) atoms. The van der Waals surface area contributed by atoms with Crippen LogP contribution in [0.1, 0.15) is 36.8 Å². The Morgan fingerprint density at radius 2 is 2.00 bits per heavy atom. The molecule has 1 aliphatic heterocycles. The summed E-state index contributed by atoms with van der Waals surface area (Å²) in [5.74, 6) is 6.38. The molecule has 0 unspecified atom stereocenters. The zero-order valence-electron chi connectivity index (χ0n) is 19.3. The van der Waals surface area contributed by atoms with Crippen LogP contribution in [0.25, 0.3) is 10.9 Å². The molecule has 3 aromatic rings. The minimum atomic E-state index is -0.706. The Morgan fingerprint density at radius 3 is 2.71 bits per heavy atom. The lowest BCUT2D eigenvalue weighted by Crippen LogP contribution is -2.44. The maximum Gasteiger partial charge on any atom is 0.309 e. The monoisotopic (exact) mass is 477 g/mol. The number of hydrogen-bond donors (Lipinski definition) is 1. The second-order valence-electron chi connectivity index (χ2n) is 8.72. The number of nitrogens with zero attached hydrogens (tertiary/aromatic N) is 3. The van der Waals surface area contributed by atoms with Gasteiger partial charge in [-0.25, -0.2) is 0 Å². The summed E-state index contributed by atoms with van der Waals surface area (Å²) >= 11 is 6.49. The standard InChI is InChI=1S/C27H28ClN3O3/c1-34-21-6-7-25-23(18-21)22(24(28)19-30-25)5-2-10-27(26(32)33)11-16-31(17-12-27)15-3-4-20-8-13-29-14-9-20/h6-9,13-14,18-19H,2,5,10-12,15-17H2,1H3,(H,32,33). The average Bonchev–Trinajstić information content (AvgIpc) is 2.86. The van der Waals surface area contributed by atoms with Crippen molar-refractivity contribution in [2.45, 2.75) is 32.1 Å². The second-order valence-corrected chi connectivity index (χ2v) is 9.13. The normalized spacial score (nSPS) is 15.5. The number of likely N-dealkylation sites (tertiary alicyclic amines) is 1. The number of carboxylic acid groups (broad SMARTS) is 1. The summed E-state index contributed by atoms with van der Waals surface area (Å²) < 4.78 is 5.36. The Bertz CT molecular complexity index is 1210. The Balaban J connectivity index is 1.38. The Hall–Kier alpha value is -3.14. The lowest BCUT2D eigenvalue weighted by atomic mass is 9.74. The quantitative estimate of drug-likeness (QED) is 0.491. The van der Waals surface area contributed by atoms with Crippen LogP contribution in [0.15, 0.2) is 48.9 Å². The minimum absolute atomic E-state index is 0.604. The number of carboxylic acids is 1. The summed E-state index contributed by atoms with van der Waals surface area (Å²) in [5.41, 5.74) is 2.08. The van der Waals surface area contributed by atoms with E-state index in [0.717, 1.165) is 47.3 Å². The van der Waals surface area contributed by atoms with Crippen LogP contribution in [0.3, 0.4) is 0 Å². The van der Waals surface area contributed by atoms with E-state index < -0.39 is 11.4 Å². The number of halogens is 1. The molecule has 2 aromatic heterocycles. The molecule has 0 saturated carbocycles. The van der Waals surface area contributed by atoms with Crippen molar-refractivity contribution >= 4 is 28.5 Å². The Kier molecular flexibility index (Phi) is 7.66.